The zero-order valence-electron chi connectivity index (χ0n) is 14.0. The summed E-state index contributed by atoms with van der Waals surface area (Å²) in [4.78, 5) is 14.4. The van der Waals surface area contributed by atoms with Crippen LogP contribution in [0.3, 0.4) is 0 Å². The summed E-state index contributed by atoms with van der Waals surface area (Å²) in [6, 6.07) is 14.5. The van der Waals surface area contributed by atoms with Gasteiger partial charge in [-0.05, 0) is 35.2 Å². The maximum atomic E-state index is 12.6. The molecule has 0 aliphatic carbocycles. The first-order valence-corrected chi connectivity index (χ1v) is 8.60. The van der Waals surface area contributed by atoms with Gasteiger partial charge in [-0.1, -0.05) is 47.7 Å². The average molecular weight is 335 g/mol. The summed E-state index contributed by atoms with van der Waals surface area (Å²) < 4.78 is 1.73. The molecule has 1 aromatic heterocycles. The lowest BCUT2D eigenvalue weighted by Crippen LogP contribution is -2.30. The van der Waals surface area contributed by atoms with Crippen LogP contribution < -0.4 is 5.73 Å². The molecule has 2 N–H and O–H groups in total. The van der Waals surface area contributed by atoms with Crippen LogP contribution >= 0.6 is 0 Å². The number of rotatable bonds is 4. The van der Waals surface area contributed by atoms with E-state index in [-0.39, 0.29) is 5.91 Å². The molecule has 1 atom stereocenters. The first kappa shape index (κ1) is 15.8. The fraction of sp³-hybridized carbons (Fsp3) is 0.316. The summed E-state index contributed by atoms with van der Waals surface area (Å²) in [5, 5.41) is 10.6. The molecule has 1 amide bonds. The molecule has 2 aromatic carbocycles. The van der Waals surface area contributed by atoms with Crippen LogP contribution in [-0.2, 0) is 6.54 Å². The Hall–Kier alpha value is -2.73. The summed E-state index contributed by atoms with van der Waals surface area (Å²) in [5.41, 5.74) is 7.26. The second-order valence-electron chi connectivity index (χ2n) is 6.58. The van der Waals surface area contributed by atoms with E-state index in [1.165, 1.54) is 10.8 Å². The predicted molar refractivity (Wildman–Crippen MR) is 96.1 cm³/mol. The van der Waals surface area contributed by atoms with E-state index in [4.69, 9.17) is 5.73 Å². The third-order valence-corrected chi connectivity index (χ3v) is 4.88. The standard InChI is InChI=1S/C19H21N5O/c20-10-14-8-9-23(11-14)19(25)18-13-24(22-21-18)12-16-6-3-5-15-4-1-2-7-17(15)16/h1-7,13-14H,8-12,20H2/t14-/m0/s1. The van der Waals surface area contributed by atoms with Crippen LogP contribution in [0.1, 0.15) is 22.5 Å². The molecule has 4 rings (SSSR count). The molecule has 0 radical (unpaired) electrons. The van der Waals surface area contributed by atoms with Crippen LogP contribution in [0.4, 0.5) is 0 Å². The second kappa shape index (κ2) is 6.64. The van der Waals surface area contributed by atoms with Gasteiger partial charge in [0.2, 0.25) is 0 Å². The van der Waals surface area contributed by atoms with Crippen molar-refractivity contribution in [3.63, 3.8) is 0 Å². The van der Waals surface area contributed by atoms with Gasteiger partial charge in [0.15, 0.2) is 5.69 Å². The van der Waals surface area contributed by atoms with Gasteiger partial charge in [0.1, 0.15) is 0 Å². The number of carbonyl (C=O) groups excluding carboxylic acids is 1. The number of benzene rings is 2. The Morgan fingerprint density at radius 2 is 2.04 bits per heavy atom. The van der Waals surface area contributed by atoms with Gasteiger partial charge in [0.05, 0.1) is 12.7 Å². The van der Waals surface area contributed by atoms with Crippen molar-refractivity contribution in [2.75, 3.05) is 19.6 Å². The summed E-state index contributed by atoms with van der Waals surface area (Å²) >= 11 is 0. The highest BCUT2D eigenvalue weighted by atomic mass is 16.2. The number of nitrogens with two attached hydrogens (primary N) is 1. The van der Waals surface area contributed by atoms with Crippen LogP contribution in [0.5, 0.6) is 0 Å². The molecule has 1 aliphatic heterocycles. The number of hydrogen-bond acceptors (Lipinski definition) is 4. The number of fused-ring (bicyclic) bond motifs is 1. The molecule has 2 heterocycles. The topological polar surface area (TPSA) is 77.0 Å². The molecular weight excluding hydrogens is 314 g/mol. The van der Waals surface area contributed by atoms with E-state index < -0.39 is 0 Å². The quantitative estimate of drug-likeness (QED) is 0.790. The Labute approximate surface area is 146 Å². The lowest BCUT2D eigenvalue weighted by atomic mass is 10.0. The van der Waals surface area contributed by atoms with Crippen molar-refractivity contribution in [2.24, 2.45) is 11.7 Å². The molecule has 6 nitrogen and oxygen atoms in total. The highest BCUT2D eigenvalue weighted by Crippen LogP contribution is 2.20. The number of aromatic nitrogens is 3. The van der Waals surface area contributed by atoms with Crippen molar-refractivity contribution in [1.82, 2.24) is 19.9 Å². The van der Waals surface area contributed by atoms with E-state index in [1.807, 2.05) is 23.1 Å². The van der Waals surface area contributed by atoms with Crippen molar-refractivity contribution in [3.8, 4) is 0 Å². The van der Waals surface area contributed by atoms with E-state index in [0.29, 0.717) is 31.2 Å². The fourth-order valence-corrected chi connectivity index (χ4v) is 3.45. The first-order valence-electron chi connectivity index (χ1n) is 8.60. The SMILES string of the molecule is NC[C@@H]1CCN(C(=O)c2cn(Cc3cccc4ccccc34)nn2)C1. The molecule has 1 fully saturated rings. The van der Waals surface area contributed by atoms with Crippen molar-refractivity contribution < 1.29 is 4.79 Å². The monoisotopic (exact) mass is 335 g/mol. The fourth-order valence-electron chi connectivity index (χ4n) is 3.45. The van der Waals surface area contributed by atoms with Gasteiger partial charge in [-0.25, -0.2) is 4.68 Å². The van der Waals surface area contributed by atoms with E-state index in [1.54, 1.807) is 10.9 Å². The van der Waals surface area contributed by atoms with Crippen LogP contribution in [0.25, 0.3) is 10.8 Å². The summed E-state index contributed by atoms with van der Waals surface area (Å²) in [6.07, 6.45) is 2.70. The summed E-state index contributed by atoms with van der Waals surface area (Å²) in [5.74, 6) is 0.342. The third-order valence-electron chi connectivity index (χ3n) is 4.88. The van der Waals surface area contributed by atoms with Gasteiger partial charge in [-0.3, -0.25) is 4.79 Å². The molecular formula is C19H21N5O. The highest BCUT2D eigenvalue weighted by Gasteiger charge is 2.27. The smallest absolute Gasteiger partial charge is 0.276 e. The number of nitrogens with zero attached hydrogens (tertiary/aromatic N) is 4. The van der Waals surface area contributed by atoms with Gasteiger partial charge in [-0.2, -0.15) is 0 Å². The van der Waals surface area contributed by atoms with Gasteiger partial charge >= 0.3 is 0 Å². The summed E-state index contributed by atoms with van der Waals surface area (Å²) in [6.45, 7) is 2.67. The van der Waals surface area contributed by atoms with Gasteiger partial charge < -0.3 is 10.6 Å². The molecule has 0 bridgehead atoms. The normalized spacial score (nSPS) is 17.3. The van der Waals surface area contributed by atoms with Gasteiger partial charge in [0.25, 0.3) is 5.91 Å². The molecule has 1 saturated heterocycles. The Morgan fingerprint density at radius 3 is 2.88 bits per heavy atom. The highest BCUT2D eigenvalue weighted by molar-refractivity contribution is 5.92. The van der Waals surface area contributed by atoms with Crippen molar-refractivity contribution in [3.05, 3.63) is 59.9 Å². The zero-order valence-corrected chi connectivity index (χ0v) is 14.0. The lowest BCUT2D eigenvalue weighted by molar-refractivity contribution is 0.0781. The predicted octanol–water partition coefficient (Wildman–Crippen LogP) is 1.90. The molecule has 0 saturated carbocycles. The number of amides is 1. The van der Waals surface area contributed by atoms with Crippen molar-refractivity contribution in [2.45, 2.75) is 13.0 Å². The second-order valence-corrected chi connectivity index (χ2v) is 6.58. The van der Waals surface area contributed by atoms with Crippen LogP contribution in [-0.4, -0.2) is 45.4 Å². The molecule has 25 heavy (non-hydrogen) atoms. The Kier molecular flexibility index (Phi) is 4.19. The third kappa shape index (κ3) is 3.13. The minimum absolute atomic E-state index is 0.0554. The molecule has 128 valence electrons. The molecule has 0 spiro atoms. The van der Waals surface area contributed by atoms with E-state index in [0.717, 1.165) is 18.5 Å². The van der Waals surface area contributed by atoms with E-state index in [2.05, 4.69) is 34.6 Å². The number of hydrogen-bond donors (Lipinski definition) is 1. The maximum absolute atomic E-state index is 12.6. The average Bonchev–Trinajstić information content (AvgIpc) is 3.31. The van der Waals surface area contributed by atoms with Crippen LogP contribution in [0.2, 0.25) is 0 Å². The van der Waals surface area contributed by atoms with Crippen LogP contribution in [0.15, 0.2) is 48.7 Å². The Bertz CT molecular complexity index is 898. The minimum atomic E-state index is -0.0554. The van der Waals surface area contributed by atoms with Gasteiger partial charge in [0, 0.05) is 13.1 Å². The Balaban J connectivity index is 1.52. The van der Waals surface area contributed by atoms with Gasteiger partial charge in [-0.15, -0.1) is 5.10 Å². The van der Waals surface area contributed by atoms with Crippen LogP contribution in [0, 0.1) is 5.92 Å². The lowest BCUT2D eigenvalue weighted by Gasteiger charge is -2.14. The van der Waals surface area contributed by atoms with E-state index >= 15 is 0 Å². The minimum Gasteiger partial charge on any atom is -0.337 e. The number of carbonyl (C=O) groups is 1. The molecule has 1 aliphatic rings. The Morgan fingerprint density at radius 1 is 1.20 bits per heavy atom. The summed E-state index contributed by atoms with van der Waals surface area (Å²) in [7, 11) is 0. The molecule has 6 heteroatoms. The largest absolute Gasteiger partial charge is 0.337 e. The van der Waals surface area contributed by atoms with Crippen molar-refractivity contribution in [1.29, 1.82) is 0 Å². The van der Waals surface area contributed by atoms with Crippen molar-refractivity contribution >= 4 is 16.7 Å². The number of likely N-dealkylation sites (tertiary alicyclic amines) is 1. The molecule has 0 unspecified atom stereocenters. The van der Waals surface area contributed by atoms with E-state index in [9.17, 15) is 4.79 Å². The first-order chi connectivity index (χ1) is 12.2. The maximum Gasteiger partial charge on any atom is 0.276 e. The zero-order chi connectivity index (χ0) is 17.2. The molecule has 3 aromatic rings.